The van der Waals surface area contributed by atoms with Gasteiger partial charge in [0.05, 0.1) is 7.11 Å². The zero-order chi connectivity index (χ0) is 17.9. The van der Waals surface area contributed by atoms with Crippen molar-refractivity contribution in [1.82, 2.24) is 10.2 Å². The highest BCUT2D eigenvalue weighted by Crippen LogP contribution is 2.16. The Morgan fingerprint density at radius 1 is 1.17 bits per heavy atom. The van der Waals surface area contributed by atoms with Crippen LogP contribution in [0.1, 0.15) is 24.2 Å². The Bertz CT molecular complexity index is 680. The lowest BCUT2D eigenvalue weighted by Gasteiger charge is -2.15. The van der Waals surface area contributed by atoms with E-state index in [1.165, 1.54) is 21.0 Å². The van der Waals surface area contributed by atoms with E-state index in [9.17, 15) is 19.2 Å². The highest BCUT2D eigenvalue weighted by Gasteiger charge is 2.45. The number of nitrogens with zero attached hydrogens (tertiary/aromatic N) is 1. The van der Waals surface area contributed by atoms with Crippen molar-refractivity contribution < 1.29 is 28.7 Å². The summed E-state index contributed by atoms with van der Waals surface area (Å²) in [5, 5.41) is 2.45. The summed E-state index contributed by atoms with van der Waals surface area (Å²) in [5.41, 5.74) is -0.698. The van der Waals surface area contributed by atoms with Crippen molar-refractivity contribution in [2.45, 2.75) is 19.4 Å². The fraction of sp³-hybridized carbons (Fsp3) is 0.375. The van der Waals surface area contributed by atoms with Crippen LogP contribution in [0.25, 0.3) is 0 Å². The van der Waals surface area contributed by atoms with Crippen LogP contribution in [0.2, 0.25) is 0 Å². The molecule has 0 saturated carbocycles. The van der Waals surface area contributed by atoms with Gasteiger partial charge in [0.25, 0.3) is 5.91 Å². The third-order valence-electron chi connectivity index (χ3n) is 3.51. The molecule has 0 unspecified atom stereocenters. The van der Waals surface area contributed by atoms with Crippen molar-refractivity contribution in [2.75, 3.05) is 20.3 Å². The zero-order valence-corrected chi connectivity index (χ0v) is 13.6. The minimum absolute atomic E-state index is 0.361. The SMILES string of the molecule is COc1ccc(C(=O)COC(=O)CN2C(=O)NC(C)(C)C2=O)cc1. The zero-order valence-electron chi connectivity index (χ0n) is 13.6. The van der Waals surface area contributed by atoms with Gasteiger partial charge in [-0.15, -0.1) is 0 Å². The van der Waals surface area contributed by atoms with Crippen LogP contribution >= 0.6 is 0 Å². The van der Waals surface area contributed by atoms with E-state index in [-0.39, 0.29) is 0 Å². The van der Waals surface area contributed by atoms with Crippen LogP contribution in [0.15, 0.2) is 24.3 Å². The van der Waals surface area contributed by atoms with Gasteiger partial charge in [0.1, 0.15) is 17.8 Å². The quantitative estimate of drug-likeness (QED) is 0.468. The van der Waals surface area contributed by atoms with Gasteiger partial charge in [0.2, 0.25) is 0 Å². The Morgan fingerprint density at radius 2 is 1.79 bits per heavy atom. The first-order valence-corrected chi connectivity index (χ1v) is 7.21. The minimum Gasteiger partial charge on any atom is -0.497 e. The third-order valence-corrected chi connectivity index (χ3v) is 3.51. The first-order valence-electron chi connectivity index (χ1n) is 7.21. The largest absolute Gasteiger partial charge is 0.497 e. The molecule has 0 aromatic heterocycles. The van der Waals surface area contributed by atoms with Gasteiger partial charge in [0.15, 0.2) is 12.4 Å². The molecule has 24 heavy (non-hydrogen) atoms. The molecule has 8 nitrogen and oxygen atoms in total. The molecule has 0 atom stereocenters. The van der Waals surface area contributed by atoms with Gasteiger partial charge in [-0.3, -0.25) is 19.3 Å². The summed E-state index contributed by atoms with van der Waals surface area (Å²) in [5.74, 6) is -1.16. The first-order chi connectivity index (χ1) is 11.2. The number of methoxy groups -OCH3 is 1. The molecular formula is C16H18N2O6. The lowest BCUT2D eigenvalue weighted by atomic mass is 10.1. The Balaban J connectivity index is 1.88. The van der Waals surface area contributed by atoms with E-state index in [0.29, 0.717) is 11.3 Å². The Kier molecular flexibility index (Phi) is 4.87. The third kappa shape index (κ3) is 3.70. The average molecular weight is 334 g/mol. The monoisotopic (exact) mass is 334 g/mol. The molecule has 2 rings (SSSR count). The molecule has 1 heterocycles. The van der Waals surface area contributed by atoms with Gasteiger partial charge in [-0.1, -0.05) is 0 Å². The molecule has 1 saturated heterocycles. The predicted molar refractivity (Wildman–Crippen MR) is 82.6 cm³/mol. The number of nitrogens with one attached hydrogen (secondary N) is 1. The standard InChI is InChI=1S/C16H18N2O6/c1-16(2)14(21)18(15(22)17-16)8-13(20)24-9-12(19)10-4-6-11(23-3)7-5-10/h4-7H,8-9H2,1-3H3,(H,17,22). The Hall–Kier alpha value is -2.90. The van der Waals surface area contributed by atoms with Crippen molar-refractivity contribution in [3.63, 3.8) is 0 Å². The maximum atomic E-state index is 11.9. The molecule has 1 aromatic rings. The van der Waals surface area contributed by atoms with Gasteiger partial charge in [-0.05, 0) is 38.1 Å². The summed E-state index contributed by atoms with van der Waals surface area (Å²) in [6.07, 6.45) is 0. The average Bonchev–Trinajstić information content (AvgIpc) is 2.74. The van der Waals surface area contributed by atoms with E-state index in [2.05, 4.69) is 5.32 Å². The summed E-state index contributed by atoms with van der Waals surface area (Å²) in [6, 6.07) is 5.67. The number of ketones is 1. The van der Waals surface area contributed by atoms with Gasteiger partial charge in [0, 0.05) is 5.56 Å². The molecule has 0 bridgehead atoms. The molecule has 0 aliphatic carbocycles. The van der Waals surface area contributed by atoms with E-state index < -0.39 is 42.4 Å². The molecule has 1 aliphatic rings. The number of rotatable bonds is 6. The maximum absolute atomic E-state index is 11.9. The van der Waals surface area contributed by atoms with Gasteiger partial charge in [-0.2, -0.15) is 0 Å². The first kappa shape index (κ1) is 17.5. The molecule has 128 valence electrons. The van der Waals surface area contributed by atoms with E-state index in [4.69, 9.17) is 9.47 Å². The molecule has 3 amide bonds. The smallest absolute Gasteiger partial charge is 0.326 e. The number of imide groups is 1. The molecule has 1 fully saturated rings. The van der Waals surface area contributed by atoms with Crippen LogP contribution in [0, 0.1) is 0 Å². The predicted octanol–water partition coefficient (Wildman–Crippen LogP) is 0.751. The van der Waals surface area contributed by atoms with Crippen molar-refractivity contribution in [3.8, 4) is 5.75 Å². The summed E-state index contributed by atoms with van der Waals surface area (Å²) in [6.45, 7) is 2.06. The van der Waals surface area contributed by atoms with Crippen LogP contribution < -0.4 is 10.1 Å². The molecule has 1 aromatic carbocycles. The number of benzene rings is 1. The number of hydrogen-bond donors (Lipinski definition) is 1. The second kappa shape index (κ2) is 6.69. The van der Waals surface area contributed by atoms with Crippen LogP contribution in [-0.4, -0.2) is 54.4 Å². The van der Waals surface area contributed by atoms with E-state index in [1.807, 2.05) is 0 Å². The molecule has 1 N–H and O–H groups in total. The van der Waals surface area contributed by atoms with Crippen molar-refractivity contribution in [3.05, 3.63) is 29.8 Å². The number of ether oxygens (including phenoxy) is 2. The topological polar surface area (TPSA) is 102 Å². The lowest BCUT2D eigenvalue weighted by Crippen LogP contribution is -2.41. The highest BCUT2D eigenvalue weighted by molar-refractivity contribution is 6.08. The van der Waals surface area contributed by atoms with Crippen molar-refractivity contribution in [2.24, 2.45) is 0 Å². The lowest BCUT2D eigenvalue weighted by molar-refractivity contribution is -0.146. The Morgan fingerprint density at radius 3 is 2.29 bits per heavy atom. The van der Waals surface area contributed by atoms with E-state index in [0.717, 1.165) is 4.90 Å². The Labute approximate surface area is 138 Å². The fourth-order valence-corrected chi connectivity index (χ4v) is 2.14. The van der Waals surface area contributed by atoms with E-state index in [1.54, 1.807) is 24.3 Å². The summed E-state index contributed by atoms with van der Waals surface area (Å²) < 4.78 is 9.83. The van der Waals surface area contributed by atoms with E-state index >= 15 is 0 Å². The van der Waals surface area contributed by atoms with Gasteiger partial charge >= 0.3 is 12.0 Å². The summed E-state index contributed by atoms with van der Waals surface area (Å²) in [4.78, 5) is 48.1. The number of carbonyl (C=O) groups excluding carboxylic acids is 4. The minimum atomic E-state index is -1.06. The number of Topliss-reactive ketones (excluding diaryl/α,β-unsaturated/α-hetero) is 1. The molecule has 8 heteroatoms. The number of urea groups is 1. The number of hydrogen-bond acceptors (Lipinski definition) is 6. The normalized spacial score (nSPS) is 15.9. The number of amides is 3. The van der Waals surface area contributed by atoms with Gasteiger partial charge < -0.3 is 14.8 Å². The second-order valence-electron chi connectivity index (χ2n) is 5.76. The highest BCUT2D eigenvalue weighted by atomic mass is 16.5. The summed E-state index contributed by atoms with van der Waals surface area (Å²) in [7, 11) is 1.51. The number of carbonyl (C=O) groups is 4. The maximum Gasteiger partial charge on any atom is 0.326 e. The summed E-state index contributed by atoms with van der Waals surface area (Å²) >= 11 is 0. The number of esters is 1. The fourth-order valence-electron chi connectivity index (χ4n) is 2.14. The van der Waals surface area contributed by atoms with Crippen LogP contribution in [0.5, 0.6) is 5.75 Å². The molecular weight excluding hydrogens is 316 g/mol. The molecule has 1 aliphatic heterocycles. The van der Waals surface area contributed by atoms with Crippen LogP contribution in [0.4, 0.5) is 4.79 Å². The van der Waals surface area contributed by atoms with Crippen LogP contribution in [-0.2, 0) is 14.3 Å². The van der Waals surface area contributed by atoms with Crippen molar-refractivity contribution in [1.29, 1.82) is 0 Å². The van der Waals surface area contributed by atoms with Crippen LogP contribution in [0.3, 0.4) is 0 Å². The van der Waals surface area contributed by atoms with Gasteiger partial charge in [-0.25, -0.2) is 4.79 Å². The molecule has 0 spiro atoms. The molecule has 0 radical (unpaired) electrons. The van der Waals surface area contributed by atoms with Crippen molar-refractivity contribution >= 4 is 23.7 Å². The second-order valence-corrected chi connectivity index (χ2v) is 5.76.